The van der Waals surface area contributed by atoms with Gasteiger partial charge in [-0.1, -0.05) is 6.08 Å². The van der Waals surface area contributed by atoms with Crippen molar-refractivity contribution in [3.05, 3.63) is 12.2 Å². The van der Waals surface area contributed by atoms with Gasteiger partial charge in [-0.15, -0.1) is 0 Å². The van der Waals surface area contributed by atoms with E-state index in [0.717, 1.165) is 6.42 Å². The molecule has 0 bridgehead atoms. The van der Waals surface area contributed by atoms with Crippen molar-refractivity contribution >= 4 is 11.8 Å². The van der Waals surface area contributed by atoms with Crippen LogP contribution in [0.3, 0.4) is 0 Å². The number of hydrogen-bond acceptors (Lipinski definition) is 3. The quantitative estimate of drug-likeness (QED) is 0.475. The molecule has 0 aromatic rings. The van der Waals surface area contributed by atoms with Gasteiger partial charge in [-0.2, -0.15) is 0 Å². The van der Waals surface area contributed by atoms with E-state index in [9.17, 15) is 9.59 Å². The number of rotatable bonds is 1. The summed E-state index contributed by atoms with van der Waals surface area (Å²) in [5.41, 5.74) is -0.515. The molecule has 0 radical (unpaired) electrons. The van der Waals surface area contributed by atoms with Gasteiger partial charge in [0, 0.05) is 0 Å². The normalized spacial score (nSPS) is 22.2. The lowest BCUT2D eigenvalue weighted by atomic mass is 9.93. The lowest BCUT2D eigenvalue weighted by Gasteiger charge is -2.23. The Morgan fingerprint density at radius 3 is 2.64 bits per heavy atom. The third-order valence-electron chi connectivity index (χ3n) is 1.94. The van der Waals surface area contributed by atoms with Crippen LogP contribution in [0.2, 0.25) is 0 Å². The summed E-state index contributed by atoms with van der Waals surface area (Å²) in [7, 11) is 0. The maximum Gasteiger partial charge on any atom is 0.317 e. The van der Waals surface area contributed by atoms with E-state index in [0.29, 0.717) is 6.42 Å². The minimum atomic E-state index is -0.584. The molecule has 0 spiro atoms. The van der Waals surface area contributed by atoms with Crippen molar-refractivity contribution in [3.63, 3.8) is 0 Å². The number of hydrogen-bond donors (Lipinski definition) is 0. The van der Waals surface area contributed by atoms with Gasteiger partial charge in [0.2, 0.25) is 0 Å². The van der Waals surface area contributed by atoms with Gasteiger partial charge in [0.05, 0.1) is 0 Å². The molecule has 0 aliphatic heterocycles. The molecule has 0 aromatic heterocycles. The second kappa shape index (κ2) is 3.95. The number of carbonyl (C=O) groups excluding carboxylic acids is 2. The fourth-order valence-corrected chi connectivity index (χ4v) is 1.33. The molecule has 0 saturated carbocycles. The largest absolute Gasteiger partial charge is 0.459 e. The number of carbonyl (C=O) groups is 2. The Morgan fingerprint density at radius 2 is 2.14 bits per heavy atom. The summed E-state index contributed by atoms with van der Waals surface area (Å²) >= 11 is 0. The summed E-state index contributed by atoms with van der Waals surface area (Å²) in [5, 5.41) is 0. The molecular weight excluding hydrogens is 180 g/mol. The molecule has 1 aliphatic rings. The minimum Gasteiger partial charge on any atom is -0.459 e. The number of allylic oxidation sites excluding steroid dienone is 2. The van der Waals surface area contributed by atoms with Crippen LogP contribution in [0.25, 0.3) is 0 Å². The molecule has 3 heteroatoms. The second-order valence-corrected chi connectivity index (χ2v) is 4.47. The first-order valence-electron chi connectivity index (χ1n) is 4.83. The summed E-state index contributed by atoms with van der Waals surface area (Å²) in [6, 6.07) is 0. The highest BCUT2D eigenvalue weighted by Crippen LogP contribution is 2.19. The molecule has 0 N–H and O–H groups in total. The first-order valence-corrected chi connectivity index (χ1v) is 4.83. The maximum absolute atomic E-state index is 11.5. The van der Waals surface area contributed by atoms with Gasteiger partial charge in [-0.3, -0.25) is 9.59 Å². The van der Waals surface area contributed by atoms with Crippen LogP contribution in [0.1, 0.15) is 33.6 Å². The van der Waals surface area contributed by atoms with Crippen LogP contribution in [0.15, 0.2) is 12.2 Å². The van der Waals surface area contributed by atoms with Crippen molar-refractivity contribution < 1.29 is 14.3 Å². The molecule has 0 unspecified atom stereocenters. The van der Waals surface area contributed by atoms with Crippen molar-refractivity contribution in [2.45, 2.75) is 39.2 Å². The molecule has 3 nitrogen and oxygen atoms in total. The van der Waals surface area contributed by atoms with Crippen molar-refractivity contribution in [1.29, 1.82) is 0 Å². The molecule has 1 atom stereocenters. The zero-order valence-electron chi connectivity index (χ0n) is 8.87. The fourth-order valence-electron chi connectivity index (χ4n) is 1.33. The van der Waals surface area contributed by atoms with Gasteiger partial charge in [-0.25, -0.2) is 0 Å². The molecule has 14 heavy (non-hydrogen) atoms. The lowest BCUT2D eigenvalue weighted by Crippen LogP contribution is -2.33. The number of esters is 1. The molecule has 78 valence electrons. The number of ether oxygens (including phenoxy) is 1. The maximum atomic E-state index is 11.5. The lowest BCUT2D eigenvalue weighted by molar-refractivity contribution is -0.161. The summed E-state index contributed by atoms with van der Waals surface area (Å²) in [6.07, 6.45) is 4.61. The summed E-state index contributed by atoms with van der Waals surface area (Å²) in [5.74, 6) is -1.11. The first-order chi connectivity index (χ1) is 6.40. The number of ketones is 1. The van der Waals surface area contributed by atoms with Gasteiger partial charge >= 0.3 is 5.97 Å². The fraction of sp³-hybridized carbons (Fsp3) is 0.636. The topological polar surface area (TPSA) is 43.4 Å². The van der Waals surface area contributed by atoms with E-state index < -0.39 is 17.5 Å². The van der Waals surface area contributed by atoms with E-state index in [1.165, 1.54) is 6.08 Å². The average Bonchev–Trinajstić information content (AvgIpc) is 2.01. The van der Waals surface area contributed by atoms with Crippen molar-refractivity contribution in [1.82, 2.24) is 0 Å². The zero-order valence-corrected chi connectivity index (χ0v) is 8.87. The molecule has 0 aromatic carbocycles. The van der Waals surface area contributed by atoms with Crippen molar-refractivity contribution in [2.75, 3.05) is 0 Å². The first kappa shape index (κ1) is 11.0. The van der Waals surface area contributed by atoms with Gasteiger partial charge in [0.15, 0.2) is 5.78 Å². The van der Waals surface area contributed by atoms with Crippen LogP contribution in [0.4, 0.5) is 0 Å². The van der Waals surface area contributed by atoms with E-state index in [4.69, 9.17) is 4.74 Å². The van der Waals surface area contributed by atoms with Crippen LogP contribution in [-0.4, -0.2) is 17.4 Å². The van der Waals surface area contributed by atoms with Gasteiger partial charge < -0.3 is 4.74 Å². The van der Waals surface area contributed by atoms with E-state index in [1.807, 2.05) is 0 Å². The molecule has 1 aliphatic carbocycles. The highest BCUT2D eigenvalue weighted by Gasteiger charge is 2.30. The summed E-state index contributed by atoms with van der Waals surface area (Å²) in [6.45, 7) is 5.40. The minimum absolute atomic E-state index is 0.134. The predicted octanol–water partition coefficient (Wildman–Crippen LogP) is 1.86. The van der Waals surface area contributed by atoms with Crippen molar-refractivity contribution in [2.24, 2.45) is 5.92 Å². The molecule has 0 amide bonds. The van der Waals surface area contributed by atoms with E-state index in [2.05, 4.69) is 0 Å². The molecule has 0 saturated heterocycles. The van der Waals surface area contributed by atoms with Gasteiger partial charge in [0.1, 0.15) is 11.5 Å². The predicted molar refractivity (Wildman–Crippen MR) is 52.7 cm³/mol. The third-order valence-corrected chi connectivity index (χ3v) is 1.94. The Balaban J connectivity index is 2.61. The Labute approximate surface area is 84.1 Å². The highest BCUT2D eigenvalue weighted by molar-refractivity contribution is 6.05. The zero-order chi connectivity index (χ0) is 10.8. The van der Waals surface area contributed by atoms with E-state index in [1.54, 1.807) is 26.8 Å². The third kappa shape index (κ3) is 2.98. The summed E-state index contributed by atoms with van der Waals surface area (Å²) < 4.78 is 5.15. The second-order valence-electron chi connectivity index (χ2n) is 4.47. The summed E-state index contributed by atoms with van der Waals surface area (Å²) in [4.78, 5) is 22.9. The SMILES string of the molecule is CC(C)(C)OC(=O)[C@H]1CCC=CC1=O. The van der Waals surface area contributed by atoms with Gasteiger partial charge in [0.25, 0.3) is 0 Å². The Hall–Kier alpha value is -1.12. The molecule has 0 fully saturated rings. The molecular formula is C11H16O3. The van der Waals surface area contributed by atoms with Crippen LogP contribution in [-0.2, 0) is 14.3 Å². The molecule has 0 heterocycles. The highest BCUT2D eigenvalue weighted by atomic mass is 16.6. The van der Waals surface area contributed by atoms with E-state index >= 15 is 0 Å². The standard InChI is InChI=1S/C11H16O3/c1-11(2,3)14-10(13)8-6-4-5-7-9(8)12/h5,7-8H,4,6H2,1-3H3/t8-/m0/s1. The van der Waals surface area contributed by atoms with Crippen LogP contribution in [0, 0.1) is 5.92 Å². The van der Waals surface area contributed by atoms with Crippen LogP contribution in [0.5, 0.6) is 0 Å². The smallest absolute Gasteiger partial charge is 0.317 e. The van der Waals surface area contributed by atoms with Gasteiger partial charge in [-0.05, 0) is 39.7 Å². The molecule has 1 rings (SSSR count). The van der Waals surface area contributed by atoms with Crippen LogP contribution < -0.4 is 0 Å². The Bertz CT molecular complexity index is 271. The van der Waals surface area contributed by atoms with E-state index in [-0.39, 0.29) is 5.78 Å². The average molecular weight is 196 g/mol. The Morgan fingerprint density at radius 1 is 1.50 bits per heavy atom. The Kier molecular flexibility index (Phi) is 3.09. The van der Waals surface area contributed by atoms with Crippen molar-refractivity contribution in [3.8, 4) is 0 Å². The monoisotopic (exact) mass is 196 g/mol. The van der Waals surface area contributed by atoms with Crippen LogP contribution >= 0.6 is 0 Å².